The van der Waals surface area contributed by atoms with Crippen LogP contribution >= 0.6 is 12.4 Å². The van der Waals surface area contributed by atoms with E-state index in [1.807, 2.05) is 0 Å². The molecule has 0 bridgehead atoms. The number of aromatic nitrogens is 2. The lowest BCUT2D eigenvalue weighted by atomic mass is 10.2. The van der Waals surface area contributed by atoms with E-state index in [2.05, 4.69) is 15.3 Å². The van der Waals surface area contributed by atoms with Gasteiger partial charge in [-0.3, -0.25) is 0 Å². The highest BCUT2D eigenvalue weighted by Gasteiger charge is 2.34. The van der Waals surface area contributed by atoms with Gasteiger partial charge in [-0.15, -0.1) is 12.4 Å². The van der Waals surface area contributed by atoms with Crippen LogP contribution in [-0.4, -0.2) is 16.5 Å². The number of nitrogens with one attached hydrogen (secondary N) is 1. The smallest absolute Gasteiger partial charge is 0.307 e. The van der Waals surface area contributed by atoms with E-state index in [-0.39, 0.29) is 24.3 Å². The SMILES string of the molecule is Cc1cc(C(F)(F)F)nc(C2CCCN2)n1.Cl. The summed E-state index contributed by atoms with van der Waals surface area (Å²) in [7, 11) is 0. The van der Waals surface area contributed by atoms with Crippen LogP contribution in [0.5, 0.6) is 0 Å². The predicted octanol–water partition coefficient (Wildman–Crippen LogP) is 2.65. The summed E-state index contributed by atoms with van der Waals surface area (Å²) in [6, 6.07) is 0.833. The third-order valence-electron chi connectivity index (χ3n) is 2.53. The fraction of sp³-hybridized carbons (Fsp3) is 0.600. The molecule has 1 atom stereocenters. The van der Waals surface area contributed by atoms with Gasteiger partial charge < -0.3 is 5.32 Å². The fourth-order valence-corrected chi connectivity index (χ4v) is 1.80. The molecule has 7 heteroatoms. The van der Waals surface area contributed by atoms with Crippen LogP contribution in [0.15, 0.2) is 6.07 Å². The summed E-state index contributed by atoms with van der Waals surface area (Å²) in [6.07, 6.45) is -2.66. The van der Waals surface area contributed by atoms with Crippen LogP contribution in [0.25, 0.3) is 0 Å². The molecule has 0 radical (unpaired) electrons. The lowest BCUT2D eigenvalue weighted by Gasteiger charge is -2.12. The summed E-state index contributed by atoms with van der Waals surface area (Å²) in [5, 5.41) is 3.09. The third kappa shape index (κ3) is 3.29. The molecule has 3 nitrogen and oxygen atoms in total. The molecule has 0 spiro atoms. The molecule has 2 heterocycles. The summed E-state index contributed by atoms with van der Waals surface area (Å²) < 4.78 is 37.6. The molecular formula is C10H13ClF3N3. The summed E-state index contributed by atoms with van der Waals surface area (Å²) >= 11 is 0. The average molecular weight is 268 g/mol. The van der Waals surface area contributed by atoms with Crippen LogP contribution in [-0.2, 0) is 6.18 Å². The lowest BCUT2D eigenvalue weighted by Crippen LogP contribution is -2.19. The van der Waals surface area contributed by atoms with E-state index in [1.54, 1.807) is 6.92 Å². The molecule has 96 valence electrons. The first-order valence-electron chi connectivity index (χ1n) is 5.13. The van der Waals surface area contributed by atoms with E-state index >= 15 is 0 Å². The summed E-state index contributed by atoms with van der Waals surface area (Å²) in [4.78, 5) is 7.64. The minimum atomic E-state index is -4.40. The number of rotatable bonds is 1. The minimum absolute atomic E-state index is 0. The molecule has 1 saturated heterocycles. The van der Waals surface area contributed by atoms with Crippen molar-refractivity contribution in [2.75, 3.05) is 6.54 Å². The van der Waals surface area contributed by atoms with Crippen molar-refractivity contribution in [1.82, 2.24) is 15.3 Å². The van der Waals surface area contributed by atoms with Crippen LogP contribution < -0.4 is 5.32 Å². The molecule has 0 aromatic carbocycles. The zero-order valence-electron chi connectivity index (χ0n) is 9.21. The van der Waals surface area contributed by atoms with Gasteiger partial charge in [0, 0.05) is 5.69 Å². The zero-order chi connectivity index (χ0) is 11.8. The first kappa shape index (κ1) is 14.2. The standard InChI is InChI=1S/C10H12F3N3.ClH/c1-6-5-8(10(11,12)13)16-9(15-6)7-3-2-4-14-7;/h5,7,14H,2-4H2,1H3;1H. The monoisotopic (exact) mass is 267 g/mol. The van der Waals surface area contributed by atoms with Gasteiger partial charge in [0.05, 0.1) is 6.04 Å². The lowest BCUT2D eigenvalue weighted by molar-refractivity contribution is -0.141. The van der Waals surface area contributed by atoms with Gasteiger partial charge >= 0.3 is 6.18 Å². The van der Waals surface area contributed by atoms with E-state index in [0.29, 0.717) is 5.69 Å². The highest BCUT2D eigenvalue weighted by atomic mass is 35.5. The largest absolute Gasteiger partial charge is 0.433 e. The number of halogens is 4. The Kier molecular flexibility index (Phi) is 4.32. The van der Waals surface area contributed by atoms with E-state index in [0.717, 1.165) is 25.5 Å². The molecule has 1 aromatic heterocycles. The molecule has 0 aliphatic carbocycles. The van der Waals surface area contributed by atoms with Crippen molar-refractivity contribution >= 4 is 12.4 Å². The van der Waals surface area contributed by atoms with Crippen LogP contribution in [0.3, 0.4) is 0 Å². The van der Waals surface area contributed by atoms with Crippen molar-refractivity contribution < 1.29 is 13.2 Å². The van der Waals surface area contributed by atoms with Crippen LogP contribution in [0.4, 0.5) is 13.2 Å². The molecule has 1 aromatic rings. The maximum absolute atomic E-state index is 12.5. The Labute approximate surface area is 103 Å². The van der Waals surface area contributed by atoms with Crippen molar-refractivity contribution in [2.24, 2.45) is 0 Å². The van der Waals surface area contributed by atoms with Gasteiger partial charge in [0.15, 0.2) is 0 Å². The van der Waals surface area contributed by atoms with E-state index in [9.17, 15) is 13.2 Å². The summed E-state index contributed by atoms with van der Waals surface area (Å²) in [5.41, 5.74) is -0.505. The van der Waals surface area contributed by atoms with Gasteiger partial charge in [0.25, 0.3) is 0 Å². The third-order valence-corrected chi connectivity index (χ3v) is 2.53. The molecule has 0 amide bonds. The van der Waals surface area contributed by atoms with Gasteiger partial charge in [-0.05, 0) is 32.4 Å². The second-order valence-corrected chi connectivity index (χ2v) is 3.90. The number of hydrogen-bond acceptors (Lipinski definition) is 3. The van der Waals surface area contributed by atoms with Gasteiger partial charge in [-0.2, -0.15) is 13.2 Å². The number of aryl methyl sites for hydroxylation is 1. The molecule has 0 saturated carbocycles. The highest BCUT2D eigenvalue weighted by molar-refractivity contribution is 5.85. The van der Waals surface area contributed by atoms with Crippen molar-refractivity contribution in [3.05, 3.63) is 23.3 Å². The normalized spacial score (nSPS) is 20.1. The Bertz CT molecular complexity index is 389. The fourth-order valence-electron chi connectivity index (χ4n) is 1.80. The Morgan fingerprint density at radius 1 is 1.35 bits per heavy atom. The topological polar surface area (TPSA) is 37.8 Å². The molecule has 1 aliphatic rings. The van der Waals surface area contributed by atoms with Crippen molar-refractivity contribution in [3.8, 4) is 0 Å². The zero-order valence-corrected chi connectivity index (χ0v) is 10.0. The molecule has 1 N–H and O–H groups in total. The van der Waals surface area contributed by atoms with Gasteiger partial charge in [0.1, 0.15) is 11.5 Å². The van der Waals surface area contributed by atoms with Crippen LogP contribution in [0.2, 0.25) is 0 Å². The molecule has 2 rings (SSSR count). The highest BCUT2D eigenvalue weighted by Crippen LogP contribution is 2.29. The van der Waals surface area contributed by atoms with Gasteiger partial charge in [-0.25, -0.2) is 9.97 Å². The Hall–Kier alpha value is -0.880. The molecule has 1 unspecified atom stereocenters. The summed E-state index contributed by atoms with van der Waals surface area (Å²) in [6.45, 7) is 2.36. The summed E-state index contributed by atoms with van der Waals surface area (Å²) in [5.74, 6) is 0.254. The van der Waals surface area contributed by atoms with Crippen LogP contribution in [0, 0.1) is 6.92 Å². The predicted molar refractivity (Wildman–Crippen MR) is 59.0 cm³/mol. The first-order chi connectivity index (χ1) is 7.47. The number of alkyl halides is 3. The van der Waals surface area contributed by atoms with E-state index < -0.39 is 11.9 Å². The quantitative estimate of drug-likeness (QED) is 0.850. The number of hydrogen-bond donors (Lipinski definition) is 1. The molecular weight excluding hydrogens is 255 g/mol. The maximum atomic E-state index is 12.5. The molecule has 17 heavy (non-hydrogen) atoms. The van der Waals surface area contributed by atoms with Crippen LogP contribution in [0.1, 0.15) is 36.1 Å². The van der Waals surface area contributed by atoms with Crippen molar-refractivity contribution in [2.45, 2.75) is 32.0 Å². The second-order valence-electron chi connectivity index (χ2n) is 3.90. The van der Waals surface area contributed by atoms with Crippen molar-refractivity contribution in [1.29, 1.82) is 0 Å². The Morgan fingerprint density at radius 2 is 2.06 bits per heavy atom. The minimum Gasteiger partial charge on any atom is -0.307 e. The maximum Gasteiger partial charge on any atom is 0.433 e. The van der Waals surface area contributed by atoms with Gasteiger partial charge in [-0.1, -0.05) is 0 Å². The molecule has 1 fully saturated rings. The Morgan fingerprint density at radius 3 is 2.59 bits per heavy atom. The van der Waals surface area contributed by atoms with Gasteiger partial charge in [0.2, 0.25) is 0 Å². The van der Waals surface area contributed by atoms with E-state index in [4.69, 9.17) is 0 Å². The van der Waals surface area contributed by atoms with Crippen molar-refractivity contribution in [3.63, 3.8) is 0 Å². The number of nitrogens with zero attached hydrogens (tertiary/aromatic N) is 2. The molecule has 1 aliphatic heterocycles. The Balaban J connectivity index is 0.00000144. The average Bonchev–Trinajstić information content (AvgIpc) is 2.68. The van der Waals surface area contributed by atoms with E-state index in [1.165, 1.54) is 0 Å². The second kappa shape index (κ2) is 5.18. The first-order valence-corrected chi connectivity index (χ1v) is 5.13.